The van der Waals surface area contributed by atoms with Crippen LogP contribution in [0.25, 0.3) is 0 Å². The maximum Gasteiger partial charge on any atom is 0.256 e. The molecule has 1 heterocycles. The Hall–Kier alpha value is -1.06. The van der Waals surface area contributed by atoms with Crippen LogP contribution in [-0.4, -0.2) is 36.4 Å². The molecule has 4 heteroatoms. The normalized spacial score (nSPS) is 20.0. The van der Waals surface area contributed by atoms with E-state index in [-0.39, 0.29) is 0 Å². The molecule has 1 fully saturated rings. The number of benzene rings is 1. The largest absolute Gasteiger partial charge is 0.491 e. The Balaban J connectivity index is 1.85. The van der Waals surface area contributed by atoms with E-state index in [1.807, 2.05) is 6.07 Å². The van der Waals surface area contributed by atoms with Crippen molar-refractivity contribution < 1.29 is 9.53 Å². The Bertz CT molecular complexity index is 422. The third-order valence-corrected chi connectivity index (χ3v) is 3.48. The number of hydrogen-bond acceptors (Lipinski definition) is 3. The third-order valence-electron chi connectivity index (χ3n) is 3.27. The fourth-order valence-corrected chi connectivity index (χ4v) is 2.43. The van der Waals surface area contributed by atoms with Crippen LogP contribution < -0.4 is 4.74 Å². The molecule has 1 aliphatic heterocycles. The van der Waals surface area contributed by atoms with E-state index in [1.54, 1.807) is 18.2 Å². The minimum Gasteiger partial charge on any atom is -0.491 e. The summed E-state index contributed by atoms with van der Waals surface area (Å²) in [7, 11) is 0. The standard InChI is InChI=1S/C14H18ClNO2/c1-11-6-7-16(10-11)8-9-18-13-5-3-2-4-12(13)14(15)17/h2-5,11H,6-10H2,1H3. The lowest BCUT2D eigenvalue weighted by Crippen LogP contribution is -2.26. The molecule has 1 atom stereocenters. The van der Waals surface area contributed by atoms with Crippen LogP contribution in [0.1, 0.15) is 23.7 Å². The SMILES string of the molecule is CC1CCN(CCOc2ccccc2C(=O)Cl)C1. The molecule has 0 spiro atoms. The van der Waals surface area contributed by atoms with E-state index in [9.17, 15) is 4.79 Å². The molecule has 3 nitrogen and oxygen atoms in total. The van der Waals surface area contributed by atoms with E-state index in [0.29, 0.717) is 17.9 Å². The second-order valence-electron chi connectivity index (χ2n) is 4.81. The van der Waals surface area contributed by atoms with Gasteiger partial charge in [0.1, 0.15) is 12.4 Å². The van der Waals surface area contributed by atoms with Gasteiger partial charge >= 0.3 is 0 Å². The van der Waals surface area contributed by atoms with Crippen molar-refractivity contribution in [1.82, 2.24) is 4.90 Å². The minimum atomic E-state index is -0.472. The van der Waals surface area contributed by atoms with Crippen LogP contribution in [0.15, 0.2) is 24.3 Å². The maximum atomic E-state index is 11.2. The van der Waals surface area contributed by atoms with Gasteiger partial charge < -0.3 is 4.74 Å². The van der Waals surface area contributed by atoms with Gasteiger partial charge in [0.2, 0.25) is 0 Å². The zero-order valence-electron chi connectivity index (χ0n) is 10.6. The van der Waals surface area contributed by atoms with Crippen LogP contribution in [0.4, 0.5) is 0 Å². The second kappa shape index (κ2) is 6.21. The van der Waals surface area contributed by atoms with Crippen LogP contribution in [0.3, 0.4) is 0 Å². The number of halogens is 1. The maximum absolute atomic E-state index is 11.2. The number of para-hydroxylation sites is 1. The van der Waals surface area contributed by atoms with Crippen molar-refractivity contribution in [2.24, 2.45) is 5.92 Å². The van der Waals surface area contributed by atoms with Crippen LogP contribution in [-0.2, 0) is 0 Å². The average molecular weight is 268 g/mol. The van der Waals surface area contributed by atoms with Gasteiger partial charge in [0, 0.05) is 13.1 Å². The molecule has 0 N–H and O–H groups in total. The van der Waals surface area contributed by atoms with Crippen molar-refractivity contribution in [2.75, 3.05) is 26.2 Å². The molecule has 2 rings (SSSR count). The number of rotatable bonds is 5. The number of nitrogens with zero attached hydrogens (tertiary/aromatic N) is 1. The molecule has 0 amide bonds. The first-order valence-corrected chi connectivity index (χ1v) is 6.68. The molecule has 0 aromatic heterocycles. The predicted octanol–water partition coefficient (Wildman–Crippen LogP) is 2.79. The highest BCUT2D eigenvalue weighted by molar-refractivity contribution is 6.68. The summed E-state index contributed by atoms with van der Waals surface area (Å²) in [6, 6.07) is 7.09. The molecule has 0 aliphatic carbocycles. The molecule has 0 bridgehead atoms. The summed E-state index contributed by atoms with van der Waals surface area (Å²) in [6.45, 7) is 6.03. The molecular weight excluding hydrogens is 250 g/mol. The fraction of sp³-hybridized carbons (Fsp3) is 0.500. The van der Waals surface area contributed by atoms with Crippen molar-refractivity contribution in [2.45, 2.75) is 13.3 Å². The van der Waals surface area contributed by atoms with Crippen molar-refractivity contribution in [3.8, 4) is 5.75 Å². The Kier molecular flexibility index (Phi) is 4.61. The smallest absolute Gasteiger partial charge is 0.256 e. The van der Waals surface area contributed by atoms with E-state index in [0.717, 1.165) is 25.6 Å². The van der Waals surface area contributed by atoms with Crippen molar-refractivity contribution in [1.29, 1.82) is 0 Å². The highest BCUT2D eigenvalue weighted by Gasteiger charge is 2.18. The lowest BCUT2D eigenvalue weighted by atomic mass is 10.2. The first-order chi connectivity index (χ1) is 8.66. The van der Waals surface area contributed by atoms with Gasteiger partial charge in [0.25, 0.3) is 5.24 Å². The highest BCUT2D eigenvalue weighted by Crippen LogP contribution is 2.20. The lowest BCUT2D eigenvalue weighted by Gasteiger charge is -2.16. The number of carbonyl (C=O) groups is 1. The zero-order valence-corrected chi connectivity index (χ0v) is 11.3. The summed E-state index contributed by atoms with van der Waals surface area (Å²) in [5.74, 6) is 1.35. The summed E-state index contributed by atoms with van der Waals surface area (Å²) < 4.78 is 5.65. The van der Waals surface area contributed by atoms with E-state index in [2.05, 4.69) is 11.8 Å². The highest BCUT2D eigenvalue weighted by atomic mass is 35.5. The molecule has 18 heavy (non-hydrogen) atoms. The summed E-state index contributed by atoms with van der Waals surface area (Å²) in [5, 5.41) is -0.472. The number of carbonyl (C=O) groups excluding carboxylic acids is 1. The number of likely N-dealkylation sites (tertiary alicyclic amines) is 1. The molecule has 1 saturated heterocycles. The summed E-state index contributed by atoms with van der Waals surface area (Å²) in [4.78, 5) is 13.6. The number of ether oxygens (including phenoxy) is 1. The quantitative estimate of drug-likeness (QED) is 0.769. The van der Waals surface area contributed by atoms with Gasteiger partial charge in [-0.1, -0.05) is 19.1 Å². The Morgan fingerprint density at radius 2 is 2.28 bits per heavy atom. The lowest BCUT2D eigenvalue weighted by molar-refractivity contribution is 0.107. The first kappa shape index (κ1) is 13.4. The van der Waals surface area contributed by atoms with Crippen molar-refractivity contribution in [3.05, 3.63) is 29.8 Å². The van der Waals surface area contributed by atoms with Crippen molar-refractivity contribution >= 4 is 16.8 Å². The van der Waals surface area contributed by atoms with Crippen LogP contribution in [0.2, 0.25) is 0 Å². The summed E-state index contributed by atoms with van der Waals surface area (Å²) >= 11 is 5.50. The van der Waals surface area contributed by atoms with Crippen LogP contribution in [0, 0.1) is 5.92 Å². The van der Waals surface area contributed by atoms with Crippen LogP contribution >= 0.6 is 11.6 Å². The molecule has 0 radical (unpaired) electrons. The van der Waals surface area contributed by atoms with Crippen molar-refractivity contribution in [3.63, 3.8) is 0 Å². The van der Waals surface area contributed by atoms with E-state index < -0.39 is 5.24 Å². The van der Waals surface area contributed by atoms with E-state index >= 15 is 0 Å². The van der Waals surface area contributed by atoms with E-state index in [4.69, 9.17) is 16.3 Å². The molecule has 0 saturated carbocycles. The van der Waals surface area contributed by atoms with Gasteiger partial charge in [-0.3, -0.25) is 9.69 Å². The molecule has 1 aliphatic rings. The first-order valence-electron chi connectivity index (χ1n) is 6.31. The van der Waals surface area contributed by atoms with Crippen LogP contribution in [0.5, 0.6) is 5.75 Å². The fourth-order valence-electron chi connectivity index (χ4n) is 2.27. The molecule has 1 aromatic rings. The zero-order chi connectivity index (χ0) is 13.0. The van der Waals surface area contributed by atoms with E-state index in [1.165, 1.54) is 6.42 Å². The predicted molar refractivity (Wildman–Crippen MR) is 72.3 cm³/mol. The second-order valence-corrected chi connectivity index (χ2v) is 5.16. The van der Waals surface area contributed by atoms with Gasteiger partial charge in [-0.25, -0.2) is 0 Å². The summed E-state index contributed by atoms with van der Waals surface area (Å²) in [5.41, 5.74) is 0.439. The Morgan fingerprint density at radius 1 is 1.50 bits per heavy atom. The van der Waals surface area contributed by atoms with Gasteiger partial charge in [0.15, 0.2) is 0 Å². The van der Waals surface area contributed by atoms with Gasteiger partial charge in [-0.15, -0.1) is 0 Å². The molecule has 98 valence electrons. The molecule has 1 unspecified atom stereocenters. The monoisotopic (exact) mass is 267 g/mol. The molecule has 1 aromatic carbocycles. The summed E-state index contributed by atoms with van der Waals surface area (Å²) in [6.07, 6.45) is 1.26. The topological polar surface area (TPSA) is 29.5 Å². The third kappa shape index (κ3) is 3.47. The van der Waals surface area contributed by atoms with Gasteiger partial charge in [-0.2, -0.15) is 0 Å². The minimum absolute atomic E-state index is 0.439. The number of hydrogen-bond donors (Lipinski definition) is 0. The molecular formula is C14H18ClNO2. The Morgan fingerprint density at radius 3 is 2.94 bits per heavy atom. The average Bonchev–Trinajstić information content (AvgIpc) is 2.75. The Labute approximate surface area is 113 Å². The van der Waals surface area contributed by atoms with Gasteiger partial charge in [-0.05, 0) is 42.6 Å². The van der Waals surface area contributed by atoms with Gasteiger partial charge in [0.05, 0.1) is 5.56 Å².